The maximum absolute atomic E-state index is 13.6. The maximum atomic E-state index is 13.6. The van der Waals surface area contributed by atoms with E-state index in [0.29, 0.717) is 17.0 Å². The minimum absolute atomic E-state index is 0. The fraction of sp³-hybridized carbons (Fsp3) is 0.235. The van der Waals surface area contributed by atoms with Crippen LogP contribution >= 0.6 is 0 Å². The first-order valence-electron chi connectivity index (χ1n) is 28.2. The Labute approximate surface area is 570 Å². The Hall–Kier alpha value is -6.45. The first-order valence-corrected chi connectivity index (χ1v) is 43.6. The molecule has 0 saturated carbocycles. The number of nitrogens with zero attached hydrogens (tertiary/aromatic N) is 6. The van der Waals surface area contributed by atoms with E-state index in [1.165, 1.54) is 65.5 Å². The van der Waals surface area contributed by atoms with Crippen molar-refractivity contribution in [1.82, 2.24) is 28.7 Å². The van der Waals surface area contributed by atoms with Gasteiger partial charge in [-0.25, -0.2) is 8.78 Å². The van der Waals surface area contributed by atoms with Gasteiger partial charge in [0.05, 0.1) is 49.3 Å². The normalized spacial score (nSPS) is 11.5. The van der Waals surface area contributed by atoms with Crippen LogP contribution in [-0.4, -0.2) is 104 Å². The van der Waals surface area contributed by atoms with Crippen LogP contribution in [0, 0.1) is 41.5 Å². The van der Waals surface area contributed by atoms with Crippen LogP contribution in [0.5, 0.6) is 0 Å². The SMILES string of the molecule is C.CO.CO.C[Si](C)(C)c1ccc(-c2[c-]cc(F)cc2F)nc1.C[Si](C)(C)c1ccc(-c2ccc(F)cc2F)nc1.C[Si](C)(C)c1ccc2c(c1)c1ccc[c-]c1c1nccn21.C[Si](C)(C)c1ccc2c(c1)c1ccc[c-]c1c1nccn21.O=S(=O)(O)C(F)(F)F.[Ir].[Ir]. The number of hydrogen-bond donors (Lipinski definition) is 3. The summed E-state index contributed by atoms with van der Waals surface area (Å²) in [5.74, 6) is -2.42. The third kappa shape index (κ3) is 20.1. The molecule has 0 spiro atoms. The molecular formula is C68H76F7Ir2N6O5SSi4-3. The number of halogens is 7. The zero-order chi connectivity index (χ0) is 66.9. The van der Waals surface area contributed by atoms with Gasteiger partial charge in [0.15, 0.2) is 0 Å². The number of rotatable bonds is 6. The van der Waals surface area contributed by atoms with E-state index in [0.717, 1.165) is 54.5 Å². The summed E-state index contributed by atoms with van der Waals surface area (Å²) in [5.41, 5.74) is 0.430. The van der Waals surface area contributed by atoms with E-state index < -0.39 is 71.2 Å². The summed E-state index contributed by atoms with van der Waals surface area (Å²) >= 11 is 0. The van der Waals surface area contributed by atoms with Gasteiger partial charge in [-0.3, -0.25) is 28.3 Å². The number of hydrogen-bond acceptors (Lipinski definition) is 8. The quantitative estimate of drug-likeness (QED) is 0.0368. The number of aliphatic hydroxyl groups is 2. The number of aliphatic hydroxyl groups excluding tert-OH is 2. The average molecular weight is 1720 g/mol. The number of fused-ring (bicyclic) bond motifs is 12. The van der Waals surface area contributed by atoms with Gasteiger partial charge in [0.2, 0.25) is 0 Å². The summed E-state index contributed by atoms with van der Waals surface area (Å²) in [5, 5.41) is 26.7. The molecule has 0 aliphatic heterocycles. The van der Waals surface area contributed by atoms with E-state index in [1.807, 2.05) is 49.1 Å². The molecule has 12 aromatic rings. The van der Waals surface area contributed by atoms with E-state index in [2.05, 4.69) is 186 Å². The van der Waals surface area contributed by atoms with Crippen LogP contribution in [0.1, 0.15) is 7.43 Å². The Balaban J connectivity index is 0.000000303. The Morgan fingerprint density at radius 1 is 0.473 bits per heavy atom. The molecule has 25 heteroatoms. The summed E-state index contributed by atoms with van der Waals surface area (Å²) in [4.78, 5) is 17.5. The molecule has 11 nitrogen and oxygen atoms in total. The van der Waals surface area contributed by atoms with Gasteiger partial charge in [-0.05, 0) is 57.2 Å². The molecule has 6 aromatic carbocycles. The van der Waals surface area contributed by atoms with Crippen LogP contribution in [-0.2, 0) is 50.3 Å². The van der Waals surface area contributed by atoms with Gasteiger partial charge in [0.25, 0.3) is 0 Å². The second-order valence-electron chi connectivity index (χ2n) is 24.6. The Bertz CT molecular complexity index is 4290. The summed E-state index contributed by atoms with van der Waals surface area (Å²) in [6.07, 6.45) is 11.4. The van der Waals surface area contributed by atoms with E-state index in [4.69, 9.17) is 23.2 Å². The van der Waals surface area contributed by atoms with Gasteiger partial charge in [-0.2, -0.15) is 21.6 Å². The molecule has 3 N–H and O–H groups in total. The number of pyridine rings is 4. The second kappa shape index (κ2) is 33.3. The first-order chi connectivity index (χ1) is 42.1. The molecule has 0 fully saturated rings. The van der Waals surface area contributed by atoms with Crippen molar-refractivity contribution in [2.24, 2.45) is 0 Å². The third-order valence-corrected chi connectivity index (χ3v) is 22.9. The average Bonchev–Trinajstić information content (AvgIpc) is 1.74. The monoisotopic (exact) mass is 1720 g/mol. The summed E-state index contributed by atoms with van der Waals surface area (Å²) in [6, 6.07) is 48.5. The predicted molar refractivity (Wildman–Crippen MR) is 369 cm³/mol. The van der Waals surface area contributed by atoms with Crippen LogP contribution in [0.4, 0.5) is 30.7 Å². The largest absolute Gasteiger partial charge is 0.522 e. The minimum Gasteiger partial charge on any atom is -0.400 e. The Morgan fingerprint density at radius 3 is 1.22 bits per heavy atom. The van der Waals surface area contributed by atoms with Crippen LogP contribution in [0.25, 0.3) is 77.2 Å². The van der Waals surface area contributed by atoms with Crippen molar-refractivity contribution < 1.29 is 94.1 Å². The molecular weight excluding hydrogens is 1640 g/mol. The number of benzene rings is 6. The topological polar surface area (TPSA) is 155 Å². The van der Waals surface area contributed by atoms with E-state index in [-0.39, 0.29) is 53.2 Å². The van der Waals surface area contributed by atoms with E-state index in [9.17, 15) is 30.7 Å². The summed E-state index contributed by atoms with van der Waals surface area (Å²) < 4.78 is 115. The van der Waals surface area contributed by atoms with Crippen LogP contribution in [0.2, 0.25) is 78.6 Å². The van der Waals surface area contributed by atoms with Crippen molar-refractivity contribution in [3.63, 3.8) is 0 Å². The van der Waals surface area contributed by atoms with Gasteiger partial charge < -0.3 is 24.0 Å². The standard InChI is InChI=1S/2C18H17N2Si.C14H15F2NSi.C14H14F2NSi.CHF3O3S.2CH4O.CH4.2Ir/c2*1-21(2,3)13-8-9-17-16(12-13)14-6-4-5-7-15(14)18-19-10-11-20(17)18;2*1-18(2,3)11-5-7-14(17-9-11)12-6-4-10(15)8-13(12)16;2-1(3,4)8(5,6)7;2*1-2;;;/h2*4-6,8-12H,1-3H3;4-9H,1-3H3;4-5,7-9H,1-3H3;(H,5,6,7);2*2H,1H3;1H4;;/q2*-1;;-1;;;;;;. The molecule has 2 radical (unpaired) electrons. The number of alkyl halides is 3. The minimum atomic E-state index is -5.84. The van der Waals surface area contributed by atoms with Crippen molar-refractivity contribution in [2.75, 3.05) is 14.2 Å². The maximum Gasteiger partial charge on any atom is 0.522 e. The van der Waals surface area contributed by atoms with Gasteiger partial charge in [-0.15, -0.1) is 71.4 Å². The molecule has 6 aromatic heterocycles. The van der Waals surface area contributed by atoms with Crippen LogP contribution < -0.4 is 20.7 Å². The molecule has 0 aliphatic carbocycles. The van der Waals surface area contributed by atoms with Crippen molar-refractivity contribution in [3.05, 3.63) is 206 Å². The molecule has 0 bridgehead atoms. The number of aromatic nitrogens is 6. The van der Waals surface area contributed by atoms with Gasteiger partial charge in [-0.1, -0.05) is 161 Å². The van der Waals surface area contributed by atoms with E-state index >= 15 is 0 Å². The van der Waals surface area contributed by atoms with Crippen molar-refractivity contribution in [2.45, 2.75) is 91.5 Å². The second-order valence-corrected chi connectivity index (χ2v) is 46.3. The van der Waals surface area contributed by atoms with Gasteiger partial charge >= 0.3 is 15.6 Å². The third-order valence-electron chi connectivity index (χ3n) is 14.1. The molecule has 0 aliphatic rings. The molecule has 6 heterocycles. The molecule has 0 amide bonds. The molecule has 500 valence electrons. The zero-order valence-electron chi connectivity index (χ0n) is 53.2. The van der Waals surface area contributed by atoms with Crippen molar-refractivity contribution >= 4 is 118 Å². The predicted octanol–water partition coefficient (Wildman–Crippen LogP) is 15.2. The van der Waals surface area contributed by atoms with Crippen molar-refractivity contribution in [3.8, 4) is 22.5 Å². The molecule has 0 unspecified atom stereocenters. The molecule has 0 saturated heterocycles. The van der Waals surface area contributed by atoms with Crippen LogP contribution in [0.15, 0.2) is 165 Å². The Kier molecular flexibility index (Phi) is 28.9. The fourth-order valence-corrected chi connectivity index (χ4v) is 13.6. The molecule has 0 atom stereocenters. The Morgan fingerprint density at radius 2 is 0.860 bits per heavy atom. The molecule has 12 rings (SSSR count). The summed E-state index contributed by atoms with van der Waals surface area (Å²) in [7, 11) is -9.29. The smallest absolute Gasteiger partial charge is 0.400 e. The summed E-state index contributed by atoms with van der Waals surface area (Å²) in [6.45, 7) is 27.6. The molecule has 93 heavy (non-hydrogen) atoms. The van der Waals surface area contributed by atoms with Crippen molar-refractivity contribution in [1.29, 1.82) is 0 Å². The van der Waals surface area contributed by atoms with Gasteiger partial charge in [0.1, 0.15) is 11.6 Å². The first kappa shape index (κ1) is 80.8. The number of imidazole rings is 2. The van der Waals surface area contributed by atoms with Crippen LogP contribution in [0.3, 0.4) is 0 Å². The fourth-order valence-electron chi connectivity index (χ4n) is 9.24. The zero-order valence-corrected chi connectivity index (χ0v) is 62.8. The van der Waals surface area contributed by atoms with E-state index in [1.54, 1.807) is 24.5 Å². The van der Waals surface area contributed by atoms with Gasteiger partial charge in [0, 0.05) is 126 Å².